The first-order valence-corrected chi connectivity index (χ1v) is 10.0. The van der Waals surface area contributed by atoms with Gasteiger partial charge in [0.05, 0.1) is 5.41 Å². The van der Waals surface area contributed by atoms with Crippen LogP contribution in [0.4, 0.5) is 0 Å². The molecule has 0 bridgehead atoms. The van der Waals surface area contributed by atoms with E-state index in [9.17, 15) is 4.79 Å². The van der Waals surface area contributed by atoms with Crippen LogP contribution in [0.25, 0.3) is 0 Å². The third kappa shape index (κ3) is 7.38. The minimum absolute atomic E-state index is 0. The molecule has 8 heteroatoms. The second-order valence-electron chi connectivity index (χ2n) is 8.04. The molecular formula is C19H39IN6O. The second-order valence-corrected chi connectivity index (χ2v) is 8.04. The largest absolute Gasteiger partial charge is 0.355 e. The summed E-state index contributed by atoms with van der Waals surface area (Å²) in [6.45, 7) is 7.19. The van der Waals surface area contributed by atoms with Gasteiger partial charge in [0.15, 0.2) is 5.96 Å². The van der Waals surface area contributed by atoms with Crippen molar-refractivity contribution in [3.05, 3.63) is 0 Å². The van der Waals surface area contributed by atoms with Crippen LogP contribution in [0, 0.1) is 5.41 Å². The Morgan fingerprint density at radius 1 is 1.07 bits per heavy atom. The van der Waals surface area contributed by atoms with E-state index in [1.807, 2.05) is 14.1 Å². The van der Waals surface area contributed by atoms with E-state index in [2.05, 4.69) is 32.5 Å². The summed E-state index contributed by atoms with van der Waals surface area (Å²) in [4.78, 5) is 23.6. The average Bonchev–Trinajstić information content (AvgIpc) is 3.01. The van der Waals surface area contributed by atoms with Crippen molar-refractivity contribution < 1.29 is 4.79 Å². The lowest BCUT2D eigenvalue weighted by molar-refractivity contribution is -0.138. The zero-order valence-corrected chi connectivity index (χ0v) is 19.9. The lowest BCUT2D eigenvalue weighted by Crippen LogP contribution is -2.50. The first-order valence-electron chi connectivity index (χ1n) is 10.0. The van der Waals surface area contributed by atoms with Crippen molar-refractivity contribution in [2.24, 2.45) is 10.4 Å². The normalized spacial score (nSPS) is 21.3. The van der Waals surface area contributed by atoms with E-state index in [1.165, 1.54) is 19.5 Å². The molecule has 27 heavy (non-hydrogen) atoms. The molecule has 1 saturated heterocycles. The maximum atomic E-state index is 12.7. The van der Waals surface area contributed by atoms with Gasteiger partial charge in [-0.15, -0.1) is 24.0 Å². The van der Waals surface area contributed by atoms with Crippen molar-refractivity contribution in [1.29, 1.82) is 0 Å². The van der Waals surface area contributed by atoms with Gasteiger partial charge in [-0.3, -0.25) is 9.79 Å². The third-order valence-electron chi connectivity index (χ3n) is 5.77. The number of likely N-dealkylation sites (N-methyl/N-ethyl adjacent to an activating group) is 1. The molecule has 0 atom stereocenters. The number of hydrogen-bond donors (Lipinski definition) is 2. The van der Waals surface area contributed by atoms with Crippen LogP contribution in [-0.2, 0) is 4.79 Å². The SMILES string of the molecule is CN=C(NCCN1CCCN(C)CC1)NCC1(C(=O)N(C)C)CCCC1.I. The number of guanidine groups is 1. The molecule has 2 fully saturated rings. The fourth-order valence-corrected chi connectivity index (χ4v) is 4.12. The summed E-state index contributed by atoms with van der Waals surface area (Å²) < 4.78 is 0. The lowest BCUT2D eigenvalue weighted by atomic mass is 9.84. The summed E-state index contributed by atoms with van der Waals surface area (Å²) in [5, 5.41) is 6.83. The number of carbonyl (C=O) groups excluding carboxylic acids is 1. The molecule has 1 heterocycles. The van der Waals surface area contributed by atoms with Crippen molar-refractivity contribution in [3.8, 4) is 0 Å². The second kappa shape index (κ2) is 12.1. The fourth-order valence-electron chi connectivity index (χ4n) is 4.12. The van der Waals surface area contributed by atoms with Crippen LogP contribution in [0.3, 0.4) is 0 Å². The molecule has 0 unspecified atom stereocenters. The van der Waals surface area contributed by atoms with Crippen molar-refractivity contribution in [2.75, 3.05) is 74.0 Å². The summed E-state index contributed by atoms with van der Waals surface area (Å²) in [6.07, 6.45) is 5.44. The lowest BCUT2D eigenvalue weighted by Gasteiger charge is -2.31. The van der Waals surface area contributed by atoms with Crippen molar-refractivity contribution in [1.82, 2.24) is 25.3 Å². The Hall–Kier alpha value is -0.610. The van der Waals surface area contributed by atoms with Crippen LogP contribution in [0.1, 0.15) is 32.1 Å². The molecule has 1 amide bonds. The summed E-state index contributed by atoms with van der Waals surface area (Å²) in [5.41, 5.74) is -0.267. The average molecular weight is 494 g/mol. The Kier molecular flexibility index (Phi) is 10.9. The number of carbonyl (C=O) groups is 1. The first kappa shape index (κ1) is 24.4. The highest BCUT2D eigenvalue weighted by Crippen LogP contribution is 2.38. The Bertz CT molecular complexity index is 479. The van der Waals surface area contributed by atoms with Gasteiger partial charge < -0.3 is 25.3 Å². The minimum atomic E-state index is -0.267. The monoisotopic (exact) mass is 494 g/mol. The quantitative estimate of drug-likeness (QED) is 0.329. The van der Waals surface area contributed by atoms with Gasteiger partial charge in [-0.1, -0.05) is 12.8 Å². The zero-order valence-electron chi connectivity index (χ0n) is 17.6. The number of halogens is 1. The van der Waals surface area contributed by atoms with Crippen molar-refractivity contribution >= 4 is 35.8 Å². The van der Waals surface area contributed by atoms with Gasteiger partial charge in [-0.25, -0.2) is 0 Å². The molecule has 1 aliphatic carbocycles. The van der Waals surface area contributed by atoms with Crippen LogP contribution >= 0.6 is 24.0 Å². The van der Waals surface area contributed by atoms with E-state index in [0.29, 0.717) is 6.54 Å². The highest BCUT2D eigenvalue weighted by molar-refractivity contribution is 14.0. The number of hydrogen-bond acceptors (Lipinski definition) is 4. The molecule has 7 nitrogen and oxygen atoms in total. The Labute approximate surface area is 182 Å². The van der Waals surface area contributed by atoms with E-state index < -0.39 is 0 Å². The van der Waals surface area contributed by atoms with Crippen LogP contribution in [-0.4, -0.2) is 101 Å². The van der Waals surface area contributed by atoms with E-state index in [0.717, 1.165) is 57.8 Å². The summed E-state index contributed by atoms with van der Waals surface area (Å²) >= 11 is 0. The van der Waals surface area contributed by atoms with Crippen molar-refractivity contribution in [3.63, 3.8) is 0 Å². The molecule has 2 aliphatic rings. The number of nitrogens with zero attached hydrogens (tertiary/aromatic N) is 4. The molecule has 1 aliphatic heterocycles. The first-order chi connectivity index (χ1) is 12.5. The van der Waals surface area contributed by atoms with Gasteiger partial charge in [0.1, 0.15) is 0 Å². The van der Waals surface area contributed by atoms with Crippen LogP contribution in [0.15, 0.2) is 4.99 Å². The van der Waals surface area contributed by atoms with Gasteiger partial charge in [-0.05, 0) is 39.4 Å². The third-order valence-corrected chi connectivity index (χ3v) is 5.77. The van der Waals surface area contributed by atoms with E-state index >= 15 is 0 Å². The van der Waals surface area contributed by atoms with Gasteiger partial charge in [0.25, 0.3) is 0 Å². The van der Waals surface area contributed by atoms with Gasteiger partial charge >= 0.3 is 0 Å². The molecule has 0 aromatic heterocycles. The molecule has 0 radical (unpaired) electrons. The van der Waals surface area contributed by atoms with Crippen LogP contribution in [0.2, 0.25) is 0 Å². The van der Waals surface area contributed by atoms with E-state index in [4.69, 9.17) is 0 Å². The maximum Gasteiger partial charge on any atom is 0.230 e. The Morgan fingerprint density at radius 2 is 1.78 bits per heavy atom. The number of amides is 1. The topological polar surface area (TPSA) is 63.2 Å². The van der Waals surface area contributed by atoms with E-state index in [1.54, 1.807) is 11.9 Å². The molecule has 0 aromatic rings. The summed E-state index contributed by atoms with van der Waals surface area (Å²) in [6, 6.07) is 0. The number of nitrogens with one attached hydrogen (secondary N) is 2. The maximum absolute atomic E-state index is 12.7. The van der Waals surface area contributed by atoms with Gasteiger partial charge in [-0.2, -0.15) is 0 Å². The van der Waals surface area contributed by atoms with Crippen LogP contribution in [0.5, 0.6) is 0 Å². The fraction of sp³-hybridized carbons (Fsp3) is 0.895. The van der Waals surface area contributed by atoms with E-state index in [-0.39, 0.29) is 35.3 Å². The highest BCUT2D eigenvalue weighted by Gasteiger charge is 2.42. The zero-order chi connectivity index (χ0) is 19.0. The molecule has 0 spiro atoms. The minimum Gasteiger partial charge on any atom is -0.355 e. The molecule has 158 valence electrons. The van der Waals surface area contributed by atoms with Crippen molar-refractivity contribution in [2.45, 2.75) is 32.1 Å². The predicted octanol–water partition coefficient (Wildman–Crippen LogP) is 1.06. The molecule has 1 saturated carbocycles. The number of aliphatic imine (C=N–C) groups is 1. The highest BCUT2D eigenvalue weighted by atomic mass is 127. The molecule has 0 aromatic carbocycles. The standard InChI is InChI=1S/C19H38N6O.HI/c1-20-18(21-10-13-25-12-7-11-24(4)14-15-25)22-16-19(8-5-6-9-19)17(26)23(2)3;/h5-16H2,1-4H3,(H2,20,21,22);1H. The summed E-state index contributed by atoms with van der Waals surface area (Å²) in [5.74, 6) is 1.04. The van der Waals surface area contributed by atoms with Gasteiger partial charge in [0.2, 0.25) is 5.91 Å². The van der Waals surface area contributed by atoms with Crippen LogP contribution < -0.4 is 10.6 Å². The molecular weight excluding hydrogens is 455 g/mol. The Morgan fingerprint density at radius 3 is 2.41 bits per heavy atom. The number of rotatable bonds is 6. The predicted molar refractivity (Wildman–Crippen MR) is 123 cm³/mol. The smallest absolute Gasteiger partial charge is 0.230 e. The summed E-state index contributed by atoms with van der Waals surface area (Å²) in [7, 11) is 7.70. The van der Waals surface area contributed by atoms with Gasteiger partial charge in [0, 0.05) is 53.9 Å². The Balaban J connectivity index is 0.00000364. The molecule has 2 rings (SSSR count). The molecule has 2 N–H and O–H groups in total.